The number of hydrogen-bond acceptors (Lipinski definition) is 2. The normalized spacial score (nSPS) is 15.2. The predicted molar refractivity (Wildman–Crippen MR) is 88.0 cm³/mol. The number of nitrogens with one attached hydrogen (secondary N) is 1. The van der Waals surface area contributed by atoms with Crippen LogP contribution in [0.1, 0.15) is 40.3 Å². The fourth-order valence-corrected chi connectivity index (χ4v) is 4.47. The van der Waals surface area contributed by atoms with Crippen LogP contribution in [0.5, 0.6) is 0 Å². The molecule has 1 aliphatic carbocycles. The van der Waals surface area contributed by atoms with Gasteiger partial charge < -0.3 is 5.32 Å². The first-order valence-corrected chi connectivity index (χ1v) is 8.60. The lowest BCUT2D eigenvalue weighted by atomic mass is 10.1. The highest BCUT2D eigenvalue weighted by Crippen LogP contribution is 2.32. The van der Waals surface area contributed by atoms with Crippen molar-refractivity contribution in [1.29, 1.82) is 0 Å². The second kappa shape index (κ2) is 6.25. The molecule has 3 rings (SSSR count). The number of aryl methyl sites for hydroxylation is 2. The Hall–Kier alpha value is -0.610. The summed E-state index contributed by atoms with van der Waals surface area (Å²) in [6.07, 6.45) is 3.70. The minimum absolute atomic E-state index is 0.0267. The van der Waals surface area contributed by atoms with Crippen molar-refractivity contribution >= 4 is 34.5 Å². The second-order valence-electron chi connectivity index (χ2n) is 5.41. The molecule has 0 saturated carbocycles. The number of thiophene rings is 1. The van der Waals surface area contributed by atoms with E-state index in [1.54, 1.807) is 0 Å². The van der Waals surface area contributed by atoms with Crippen LogP contribution in [0, 0.1) is 5.82 Å². The Balaban J connectivity index is 1.68. The molecule has 1 unspecified atom stereocenters. The third-order valence-corrected chi connectivity index (χ3v) is 5.74. The standard InChI is InChI=1S/C16H16Cl2FNS/c1-9(12-6-15(19)14(18)7-13(12)17)20-8-11-5-10-3-2-4-16(10)21-11/h5-7,9,20H,2-4,8H2,1H3. The quantitative estimate of drug-likeness (QED) is 0.719. The van der Waals surface area contributed by atoms with Crippen LogP contribution in [0.4, 0.5) is 4.39 Å². The Kier molecular flexibility index (Phi) is 4.55. The summed E-state index contributed by atoms with van der Waals surface area (Å²) in [4.78, 5) is 2.85. The van der Waals surface area contributed by atoms with E-state index in [2.05, 4.69) is 11.4 Å². The van der Waals surface area contributed by atoms with Crippen molar-refractivity contribution in [1.82, 2.24) is 5.32 Å². The van der Waals surface area contributed by atoms with Gasteiger partial charge in [0.2, 0.25) is 0 Å². The zero-order chi connectivity index (χ0) is 15.0. The maximum absolute atomic E-state index is 13.6. The first-order valence-electron chi connectivity index (χ1n) is 7.03. The first kappa shape index (κ1) is 15.3. The molecule has 1 atom stereocenters. The lowest BCUT2D eigenvalue weighted by Crippen LogP contribution is -2.18. The summed E-state index contributed by atoms with van der Waals surface area (Å²) in [7, 11) is 0. The lowest BCUT2D eigenvalue weighted by molar-refractivity contribution is 0.568. The van der Waals surface area contributed by atoms with Crippen LogP contribution in [-0.4, -0.2) is 0 Å². The van der Waals surface area contributed by atoms with Gasteiger partial charge in [0.1, 0.15) is 5.82 Å². The Morgan fingerprint density at radius 1 is 1.24 bits per heavy atom. The van der Waals surface area contributed by atoms with Gasteiger partial charge in [0, 0.05) is 27.4 Å². The van der Waals surface area contributed by atoms with Gasteiger partial charge in [-0.2, -0.15) is 0 Å². The number of benzene rings is 1. The monoisotopic (exact) mass is 343 g/mol. The van der Waals surface area contributed by atoms with Gasteiger partial charge in [0.25, 0.3) is 0 Å². The Morgan fingerprint density at radius 3 is 2.81 bits per heavy atom. The minimum Gasteiger partial charge on any atom is -0.305 e. The largest absolute Gasteiger partial charge is 0.305 e. The second-order valence-corrected chi connectivity index (χ2v) is 7.44. The molecule has 0 amide bonds. The summed E-state index contributed by atoms with van der Waals surface area (Å²) in [6.45, 7) is 2.76. The van der Waals surface area contributed by atoms with Gasteiger partial charge in [-0.15, -0.1) is 11.3 Å². The van der Waals surface area contributed by atoms with E-state index in [0.717, 1.165) is 12.1 Å². The van der Waals surface area contributed by atoms with E-state index >= 15 is 0 Å². The SMILES string of the molecule is CC(NCc1cc2c(s1)CCC2)c1cc(F)c(Cl)cc1Cl. The zero-order valence-electron chi connectivity index (χ0n) is 11.7. The van der Waals surface area contributed by atoms with Crippen molar-refractivity contribution in [2.24, 2.45) is 0 Å². The molecule has 2 aromatic rings. The average molecular weight is 344 g/mol. The van der Waals surface area contributed by atoms with Crippen LogP contribution in [0.2, 0.25) is 10.0 Å². The zero-order valence-corrected chi connectivity index (χ0v) is 14.0. The molecule has 1 N–H and O–H groups in total. The van der Waals surface area contributed by atoms with Crippen LogP contribution in [0.3, 0.4) is 0 Å². The summed E-state index contributed by atoms with van der Waals surface area (Å²) >= 11 is 13.8. The molecule has 1 aromatic heterocycles. The summed E-state index contributed by atoms with van der Waals surface area (Å²) in [5.74, 6) is -0.431. The fraction of sp³-hybridized carbons (Fsp3) is 0.375. The molecule has 112 valence electrons. The molecule has 1 aromatic carbocycles. The highest BCUT2D eigenvalue weighted by Gasteiger charge is 2.16. The maximum atomic E-state index is 13.6. The molecule has 1 aliphatic rings. The number of halogens is 3. The van der Waals surface area contributed by atoms with E-state index in [1.807, 2.05) is 18.3 Å². The predicted octanol–water partition coefficient (Wildman–Crippen LogP) is 5.53. The molecule has 0 fully saturated rings. The number of fused-ring (bicyclic) bond motifs is 1. The molecule has 0 aliphatic heterocycles. The van der Waals surface area contributed by atoms with Crippen molar-refractivity contribution in [3.63, 3.8) is 0 Å². The third-order valence-electron chi connectivity index (χ3n) is 3.89. The molecular formula is C16H16Cl2FNS. The Morgan fingerprint density at radius 2 is 2.05 bits per heavy atom. The van der Waals surface area contributed by atoms with Crippen molar-refractivity contribution in [3.8, 4) is 0 Å². The summed E-state index contributed by atoms with van der Waals surface area (Å²) in [5.41, 5.74) is 2.24. The first-order chi connectivity index (χ1) is 10.0. The van der Waals surface area contributed by atoms with E-state index in [4.69, 9.17) is 23.2 Å². The van der Waals surface area contributed by atoms with E-state index in [-0.39, 0.29) is 11.1 Å². The average Bonchev–Trinajstić information content (AvgIpc) is 3.01. The van der Waals surface area contributed by atoms with Crippen LogP contribution in [-0.2, 0) is 19.4 Å². The maximum Gasteiger partial charge on any atom is 0.142 e. The third kappa shape index (κ3) is 3.26. The molecule has 0 saturated heterocycles. The smallest absolute Gasteiger partial charge is 0.142 e. The highest BCUT2D eigenvalue weighted by atomic mass is 35.5. The Labute approximate surface area is 138 Å². The molecule has 1 nitrogen and oxygen atoms in total. The van der Waals surface area contributed by atoms with E-state index in [9.17, 15) is 4.39 Å². The van der Waals surface area contributed by atoms with Crippen molar-refractivity contribution in [2.75, 3.05) is 0 Å². The van der Waals surface area contributed by atoms with Crippen molar-refractivity contribution in [3.05, 3.63) is 54.9 Å². The van der Waals surface area contributed by atoms with Gasteiger partial charge in [0.15, 0.2) is 0 Å². The van der Waals surface area contributed by atoms with E-state index in [0.29, 0.717) is 5.02 Å². The molecule has 21 heavy (non-hydrogen) atoms. The van der Waals surface area contributed by atoms with Crippen LogP contribution in [0.15, 0.2) is 18.2 Å². The molecule has 1 heterocycles. The molecule has 0 bridgehead atoms. The minimum atomic E-state index is -0.431. The fourth-order valence-electron chi connectivity index (χ4n) is 2.71. The highest BCUT2D eigenvalue weighted by molar-refractivity contribution is 7.12. The molecular weight excluding hydrogens is 328 g/mol. The van der Waals surface area contributed by atoms with Gasteiger partial charge in [-0.1, -0.05) is 23.2 Å². The molecule has 0 radical (unpaired) electrons. The lowest BCUT2D eigenvalue weighted by Gasteiger charge is -2.16. The summed E-state index contributed by atoms with van der Waals surface area (Å²) in [6, 6.07) is 5.14. The molecule has 5 heteroatoms. The van der Waals surface area contributed by atoms with Crippen molar-refractivity contribution < 1.29 is 4.39 Å². The van der Waals surface area contributed by atoms with Crippen LogP contribution >= 0.6 is 34.5 Å². The van der Waals surface area contributed by atoms with Gasteiger partial charge in [0.05, 0.1) is 5.02 Å². The summed E-state index contributed by atoms with van der Waals surface area (Å²) < 4.78 is 13.6. The van der Waals surface area contributed by atoms with Gasteiger partial charge >= 0.3 is 0 Å². The van der Waals surface area contributed by atoms with Gasteiger partial charge in [-0.3, -0.25) is 0 Å². The number of hydrogen-bond donors (Lipinski definition) is 1. The summed E-state index contributed by atoms with van der Waals surface area (Å²) in [5, 5.41) is 3.96. The number of rotatable bonds is 4. The van der Waals surface area contributed by atoms with E-state index in [1.165, 1.54) is 46.7 Å². The molecule has 0 spiro atoms. The van der Waals surface area contributed by atoms with Crippen LogP contribution < -0.4 is 5.32 Å². The van der Waals surface area contributed by atoms with Crippen molar-refractivity contribution in [2.45, 2.75) is 38.8 Å². The van der Waals surface area contributed by atoms with Crippen LogP contribution in [0.25, 0.3) is 0 Å². The van der Waals surface area contributed by atoms with Gasteiger partial charge in [-0.25, -0.2) is 4.39 Å². The van der Waals surface area contributed by atoms with E-state index < -0.39 is 5.82 Å². The topological polar surface area (TPSA) is 12.0 Å². The Bertz CT molecular complexity index is 647. The van der Waals surface area contributed by atoms with Gasteiger partial charge in [-0.05, 0) is 55.5 Å².